The van der Waals surface area contributed by atoms with E-state index in [1.165, 1.54) is 0 Å². The molecular formula is C42H47N9O7. The van der Waals surface area contributed by atoms with Crippen LogP contribution in [0.1, 0.15) is 104 Å². The maximum atomic E-state index is 13.5. The van der Waals surface area contributed by atoms with Crippen LogP contribution in [0.25, 0.3) is 0 Å². The highest BCUT2D eigenvalue weighted by Crippen LogP contribution is 2.32. The third kappa shape index (κ3) is 7.50. The molecule has 6 heterocycles. The topological polar surface area (TPSA) is 200 Å². The molecule has 58 heavy (non-hydrogen) atoms. The highest BCUT2D eigenvalue weighted by molar-refractivity contribution is 6.24. The molecule has 8 rings (SSSR count). The number of hydrogen-bond acceptors (Lipinski definition) is 10. The lowest BCUT2D eigenvalue weighted by Crippen LogP contribution is -2.54. The fraction of sp³-hybridized carbons (Fsp3) is 0.452. The molecule has 0 saturated carbocycles. The zero-order valence-corrected chi connectivity index (χ0v) is 32.5. The Hall–Kier alpha value is -6.19. The van der Waals surface area contributed by atoms with Crippen LogP contribution in [0.4, 0.5) is 10.6 Å². The van der Waals surface area contributed by atoms with E-state index < -0.39 is 35.6 Å². The first-order chi connectivity index (χ1) is 28.0. The third-order valence-electron chi connectivity index (χ3n) is 12.3. The molecule has 4 fully saturated rings. The molecule has 1 unspecified atom stereocenters. The van der Waals surface area contributed by atoms with E-state index in [-0.39, 0.29) is 66.4 Å². The smallest absolute Gasteiger partial charge is 0.320 e. The first-order valence-corrected chi connectivity index (χ1v) is 20.1. The fourth-order valence-corrected chi connectivity index (χ4v) is 9.08. The summed E-state index contributed by atoms with van der Waals surface area (Å²) in [5, 5.41) is 2.21. The van der Waals surface area contributed by atoms with Gasteiger partial charge in [-0.3, -0.25) is 39.0 Å². The number of likely N-dealkylation sites (tertiary alicyclic amines) is 1. The molecule has 3 N–H and O–H groups in total. The molecule has 3 aromatic rings. The molecule has 0 aliphatic carbocycles. The standard InChI is InChI=1S/C42H47N9O7/c1-47-20-21-50(42(47)58)29-5-3-17-49(24-29)33-23-44-37(38(43)54)31(45-33)22-25-7-9-26(10-8-25)27-15-18-48(19-16-27)35(53)14-11-28-4-2-6-30-36(28)41(57)51(40(30)56)32-12-13-34(52)46-39(32)55/h2,4,6-10,23,27,29,32H,3,5,11-22,24H2,1H3,(H2,43,54)(H,46,52,55)/t29-,32?/m1/s1. The number of aryl methyl sites for hydroxylation is 1. The van der Waals surface area contributed by atoms with Crippen molar-refractivity contribution >= 4 is 47.3 Å². The Kier molecular flexibility index (Phi) is 10.7. The van der Waals surface area contributed by atoms with Crippen LogP contribution >= 0.6 is 0 Å². The second-order valence-electron chi connectivity index (χ2n) is 15.9. The van der Waals surface area contributed by atoms with Crippen molar-refractivity contribution in [1.82, 2.24) is 34.9 Å². The summed E-state index contributed by atoms with van der Waals surface area (Å²) in [7, 11) is 1.82. The predicted octanol–water partition coefficient (Wildman–Crippen LogP) is 2.24. The van der Waals surface area contributed by atoms with Gasteiger partial charge in [-0.05, 0) is 67.2 Å². The number of imide groups is 2. The SMILES string of the molecule is CN1CCN([C@@H]2CCCN(c3cnc(C(N)=O)c(Cc4ccc(C5CCN(C(=O)CCc6cccc7c6C(=O)N(C6CCC(=O)NC6=O)C7=O)CC5)cc4)n3)C2)C1=O. The van der Waals surface area contributed by atoms with Crippen LogP contribution in [-0.4, -0.2) is 129 Å². The number of nitrogens with two attached hydrogens (primary N) is 1. The maximum Gasteiger partial charge on any atom is 0.320 e. The van der Waals surface area contributed by atoms with Crippen LogP contribution in [0.2, 0.25) is 0 Å². The number of carbonyl (C=O) groups excluding carboxylic acids is 7. The van der Waals surface area contributed by atoms with E-state index >= 15 is 0 Å². The van der Waals surface area contributed by atoms with Gasteiger partial charge in [-0.1, -0.05) is 36.4 Å². The molecule has 0 spiro atoms. The number of amides is 8. The normalized spacial score (nSPS) is 21.5. The van der Waals surface area contributed by atoms with Crippen molar-refractivity contribution in [3.63, 3.8) is 0 Å². The van der Waals surface area contributed by atoms with Crippen molar-refractivity contribution in [3.8, 4) is 0 Å². The number of carbonyl (C=O) groups is 7. The van der Waals surface area contributed by atoms with Gasteiger partial charge in [0.15, 0.2) is 0 Å². The molecule has 0 radical (unpaired) electrons. The van der Waals surface area contributed by atoms with Gasteiger partial charge in [-0.25, -0.2) is 14.8 Å². The molecule has 2 atom stereocenters. The summed E-state index contributed by atoms with van der Waals surface area (Å²) in [6, 6.07) is 12.3. The van der Waals surface area contributed by atoms with E-state index in [2.05, 4.69) is 27.3 Å². The first-order valence-electron chi connectivity index (χ1n) is 20.1. The number of hydrogen-bond donors (Lipinski definition) is 2. The van der Waals surface area contributed by atoms with Gasteiger partial charge in [0.25, 0.3) is 17.7 Å². The van der Waals surface area contributed by atoms with Crippen LogP contribution in [0, 0.1) is 0 Å². The zero-order valence-electron chi connectivity index (χ0n) is 32.5. The Morgan fingerprint density at radius 1 is 0.897 bits per heavy atom. The summed E-state index contributed by atoms with van der Waals surface area (Å²) in [5.41, 5.74) is 9.50. The number of aromatic nitrogens is 2. The van der Waals surface area contributed by atoms with Crippen molar-refractivity contribution in [2.45, 2.75) is 75.8 Å². The van der Waals surface area contributed by atoms with E-state index in [1.54, 1.807) is 29.3 Å². The second kappa shape index (κ2) is 16.0. The molecule has 8 amide bonds. The number of nitrogens with zero attached hydrogens (tertiary/aromatic N) is 7. The lowest BCUT2D eigenvalue weighted by atomic mass is 9.88. The molecule has 5 aliphatic heterocycles. The number of primary amides is 1. The molecule has 5 aliphatic rings. The van der Waals surface area contributed by atoms with Gasteiger partial charge in [0, 0.05) is 65.6 Å². The summed E-state index contributed by atoms with van der Waals surface area (Å²) in [4.78, 5) is 107. The minimum absolute atomic E-state index is 0.0315. The molecule has 1 aromatic heterocycles. The Morgan fingerprint density at radius 3 is 2.38 bits per heavy atom. The Bertz CT molecular complexity index is 2190. The van der Waals surface area contributed by atoms with Crippen LogP contribution in [-0.2, 0) is 27.2 Å². The van der Waals surface area contributed by atoms with Crippen molar-refractivity contribution in [2.75, 3.05) is 51.2 Å². The van der Waals surface area contributed by atoms with E-state index in [0.29, 0.717) is 49.7 Å². The summed E-state index contributed by atoms with van der Waals surface area (Å²) in [6.07, 6.45) is 5.94. The van der Waals surface area contributed by atoms with E-state index in [9.17, 15) is 33.6 Å². The maximum absolute atomic E-state index is 13.5. The van der Waals surface area contributed by atoms with Crippen molar-refractivity contribution < 1.29 is 33.6 Å². The van der Waals surface area contributed by atoms with E-state index in [0.717, 1.165) is 54.8 Å². The summed E-state index contributed by atoms with van der Waals surface area (Å²) < 4.78 is 0. The van der Waals surface area contributed by atoms with Gasteiger partial charge in [-0.15, -0.1) is 0 Å². The molecule has 302 valence electrons. The number of anilines is 1. The minimum atomic E-state index is -1.05. The van der Waals surface area contributed by atoms with Gasteiger partial charge in [-0.2, -0.15) is 0 Å². The lowest BCUT2D eigenvalue weighted by Gasteiger charge is -2.37. The Balaban J connectivity index is 0.858. The average Bonchev–Trinajstić information content (AvgIpc) is 3.70. The molecule has 0 bridgehead atoms. The predicted molar refractivity (Wildman–Crippen MR) is 210 cm³/mol. The summed E-state index contributed by atoms with van der Waals surface area (Å²) in [5.74, 6) is -1.98. The summed E-state index contributed by atoms with van der Waals surface area (Å²) in [6.45, 7) is 4.03. The Morgan fingerprint density at radius 2 is 1.67 bits per heavy atom. The highest BCUT2D eigenvalue weighted by Gasteiger charge is 2.45. The number of likely N-dealkylation sites (N-methyl/N-ethyl adjacent to an activating group) is 1. The van der Waals surface area contributed by atoms with Gasteiger partial charge < -0.3 is 25.3 Å². The number of fused-ring (bicyclic) bond motifs is 1. The van der Waals surface area contributed by atoms with E-state index in [1.807, 2.05) is 29.0 Å². The van der Waals surface area contributed by atoms with Gasteiger partial charge in [0.2, 0.25) is 17.7 Å². The first kappa shape index (κ1) is 38.7. The van der Waals surface area contributed by atoms with Gasteiger partial charge in [0.05, 0.1) is 29.1 Å². The number of piperidine rings is 3. The number of rotatable bonds is 10. The van der Waals surface area contributed by atoms with Gasteiger partial charge in [0.1, 0.15) is 17.6 Å². The quantitative estimate of drug-likeness (QED) is 0.287. The zero-order chi connectivity index (χ0) is 40.7. The minimum Gasteiger partial charge on any atom is -0.364 e. The summed E-state index contributed by atoms with van der Waals surface area (Å²) >= 11 is 0. The largest absolute Gasteiger partial charge is 0.364 e. The van der Waals surface area contributed by atoms with Crippen LogP contribution in [0.15, 0.2) is 48.7 Å². The molecule has 16 heteroatoms. The number of urea groups is 1. The Labute approximate surface area is 335 Å². The van der Waals surface area contributed by atoms with Crippen LogP contribution < -0.4 is 16.0 Å². The van der Waals surface area contributed by atoms with Crippen molar-refractivity contribution in [1.29, 1.82) is 0 Å². The van der Waals surface area contributed by atoms with Crippen LogP contribution in [0.5, 0.6) is 0 Å². The molecule has 2 aromatic carbocycles. The second-order valence-corrected chi connectivity index (χ2v) is 15.9. The van der Waals surface area contributed by atoms with E-state index in [4.69, 9.17) is 10.7 Å². The molecule has 16 nitrogen and oxygen atoms in total. The average molecular weight is 790 g/mol. The fourth-order valence-electron chi connectivity index (χ4n) is 9.08. The highest BCUT2D eigenvalue weighted by atomic mass is 16.2. The lowest BCUT2D eigenvalue weighted by molar-refractivity contribution is -0.136. The molecular weight excluding hydrogens is 743 g/mol. The number of benzene rings is 2. The third-order valence-corrected chi connectivity index (χ3v) is 12.3. The number of nitrogens with one attached hydrogen (secondary N) is 1. The monoisotopic (exact) mass is 789 g/mol. The van der Waals surface area contributed by atoms with Crippen molar-refractivity contribution in [2.24, 2.45) is 5.73 Å². The van der Waals surface area contributed by atoms with Crippen LogP contribution in [0.3, 0.4) is 0 Å². The van der Waals surface area contributed by atoms with Gasteiger partial charge >= 0.3 is 6.03 Å². The molecule has 4 saturated heterocycles. The van der Waals surface area contributed by atoms with Crippen molar-refractivity contribution in [3.05, 3.63) is 87.9 Å².